The van der Waals surface area contributed by atoms with Gasteiger partial charge in [-0.1, -0.05) is 19.1 Å². The number of nitrogens with zero attached hydrogens (tertiary/aromatic N) is 3. The molecular weight excluding hydrogens is 418 g/mol. The molecule has 2 aromatic carbocycles. The summed E-state index contributed by atoms with van der Waals surface area (Å²) in [6, 6.07) is 14.0. The normalized spacial score (nSPS) is 16.4. The zero-order chi connectivity index (χ0) is 23.1. The third-order valence-electron chi connectivity index (χ3n) is 6.53. The molecule has 0 unspecified atom stereocenters. The van der Waals surface area contributed by atoms with E-state index >= 15 is 0 Å². The molecule has 0 N–H and O–H groups in total. The second-order valence-corrected chi connectivity index (χ2v) is 8.82. The zero-order valence-electron chi connectivity index (χ0n) is 18.7. The van der Waals surface area contributed by atoms with Crippen molar-refractivity contribution in [3.63, 3.8) is 0 Å². The number of carbonyl (C=O) groups excluding carboxylic acids is 3. The number of likely N-dealkylation sites (tertiary alicyclic amines) is 1. The average Bonchev–Trinajstić information content (AvgIpc) is 3.32. The highest BCUT2D eigenvalue weighted by Gasteiger charge is 2.36. The fourth-order valence-corrected chi connectivity index (χ4v) is 4.38. The van der Waals surface area contributed by atoms with E-state index in [0.29, 0.717) is 40.0 Å². The third kappa shape index (κ3) is 3.84. The second-order valence-electron chi connectivity index (χ2n) is 8.82. The van der Waals surface area contributed by atoms with E-state index in [4.69, 9.17) is 4.42 Å². The number of aromatic nitrogens is 1. The van der Waals surface area contributed by atoms with Gasteiger partial charge in [0.25, 0.3) is 17.7 Å². The van der Waals surface area contributed by atoms with Gasteiger partial charge >= 0.3 is 0 Å². The fraction of sp³-hybridized carbons (Fsp3) is 0.308. The molecule has 0 spiro atoms. The number of aryl methyl sites for hydroxylation is 1. The molecule has 33 heavy (non-hydrogen) atoms. The van der Waals surface area contributed by atoms with E-state index in [1.165, 1.54) is 4.90 Å². The van der Waals surface area contributed by atoms with Crippen molar-refractivity contribution in [3.8, 4) is 11.5 Å². The number of hydrogen-bond acceptors (Lipinski definition) is 5. The molecule has 168 valence electrons. The molecule has 1 saturated heterocycles. The Balaban J connectivity index is 1.31. The summed E-state index contributed by atoms with van der Waals surface area (Å²) in [6.07, 6.45) is 2.07. The summed E-state index contributed by atoms with van der Waals surface area (Å²) in [6.45, 7) is 5.62. The Kier molecular flexibility index (Phi) is 5.32. The maximum absolute atomic E-state index is 12.8. The highest BCUT2D eigenvalue weighted by molar-refractivity contribution is 6.21. The number of piperidine rings is 1. The van der Waals surface area contributed by atoms with Crippen molar-refractivity contribution in [1.82, 2.24) is 14.8 Å². The number of amides is 3. The molecule has 5 rings (SSSR count). The Morgan fingerprint density at radius 2 is 1.61 bits per heavy atom. The van der Waals surface area contributed by atoms with Gasteiger partial charge in [-0.25, -0.2) is 4.98 Å². The zero-order valence-corrected chi connectivity index (χ0v) is 18.7. The minimum atomic E-state index is -0.325. The minimum Gasteiger partial charge on any atom is -0.441 e. The lowest BCUT2D eigenvalue weighted by molar-refractivity contribution is 0.0638. The quantitative estimate of drug-likeness (QED) is 0.561. The minimum absolute atomic E-state index is 0.0448. The number of carbonyl (C=O) groups is 3. The molecule has 0 aliphatic carbocycles. The SMILES string of the molecule is Cc1oc(-c2ccc(C(=O)N3CCC(C)CC3)cc2)nc1CN1C(=O)c2ccccc2C1=O. The highest BCUT2D eigenvalue weighted by Crippen LogP contribution is 2.28. The van der Waals surface area contributed by atoms with Gasteiger partial charge in [-0.05, 0) is 62.1 Å². The molecule has 3 amide bonds. The van der Waals surface area contributed by atoms with Crippen LogP contribution in [-0.4, -0.2) is 45.6 Å². The number of imide groups is 1. The molecule has 0 bridgehead atoms. The predicted molar refractivity (Wildman–Crippen MR) is 122 cm³/mol. The highest BCUT2D eigenvalue weighted by atomic mass is 16.4. The topological polar surface area (TPSA) is 83.7 Å². The van der Waals surface area contributed by atoms with E-state index < -0.39 is 0 Å². The lowest BCUT2D eigenvalue weighted by Crippen LogP contribution is -2.37. The summed E-state index contributed by atoms with van der Waals surface area (Å²) in [5, 5.41) is 0. The first-order valence-electron chi connectivity index (χ1n) is 11.2. The number of rotatable bonds is 4. The van der Waals surface area contributed by atoms with Crippen LogP contribution in [0.2, 0.25) is 0 Å². The molecule has 1 fully saturated rings. The summed E-state index contributed by atoms with van der Waals surface area (Å²) in [5.74, 6) is 1.00. The van der Waals surface area contributed by atoms with Gasteiger partial charge in [-0.2, -0.15) is 0 Å². The summed E-state index contributed by atoms with van der Waals surface area (Å²) in [5.41, 5.74) is 2.72. The second kappa shape index (κ2) is 8.31. The standard InChI is InChI=1S/C26H25N3O4/c1-16-11-13-28(14-12-16)24(30)19-9-7-18(8-10-19)23-27-22(17(2)33-23)15-29-25(31)20-5-3-4-6-21(20)26(29)32/h3-10,16H,11-15H2,1-2H3. The number of oxazole rings is 1. The van der Waals surface area contributed by atoms with E-state index in [1.54, 1.807) is 43.3 Å². The summed E-state index contributed by atoms with van der Waals surface area (Å²) >= 11 is 0. The third-order valence-corrected chi connectivity index (χ3v) is 6.53. The van der Waals surface area contributed by atoms with Crippen molar-refractivity contribution in [2.45, 2.75) is 33.2 Å². The van der Waals surface area contributed by atoms with E-state index in [0.717, 1.165) is 31.5 Å². The number of hydrogen-bond donors (Lipinski definition) is 0. The van der Waals surface area contributed by atoms with Gasteiger partial charge < -0.3 is 9.32 Å². The fourth-order valence-electron chi connectivity index (χ4n) is 4.38. The lowest BCUT2D eigenvalue weighted by Gasteiger charge is -2.30. The van der Waals surface area contributed by atoms with Gasteiger partial charge in [0.05, 0.1) is 17.7 Å². The van der Waals surface area contributed by atoms with E-state index in [1.807, 2.05) is 17.0 Å². The Labute approximate surface area is 192 Å². The predicted octanol–water partition coefficient (Wildman–Crippen LogP) is 4.32. The van der Waals surface area contributed by atoms with Crippen LogP contribution in [0.1, 0.15) is 62.3 Å². The van der Waals surface area contributed by atoms with Crippen LogP contribution in [0.5, 0.6) is 0 Å². The summed E-state index contributed by atoms with van der Waals surface area (Å²) in [7, 11) is 0. The van der Waals surface area contributed by atoms with Crippen LogP contribution in [0.3, 0.4) is 0 Å². The van der Waals surface area contributed by atoms with Crippen molar-refractivity contribution in [2.75, 3.05) is 13.1 Å². The summed E-state index contributed by atoms with van der Waals surface area (Å²) < 4.78 is 5.83. The van der Waals surface area contributed by atoms with E-state index in [-0.39, 0.29) is 24.3 Å². The number of benzene rings is 2. The first-order valence-corrected chi connectivity index (χ1v) is 11.2. The van der Waals surface area contributed by atoms with Crippen molar-refractivity contribution in [2.24, 2.45) is 5.92 Å². The average molecular weight is 444 g/mol. The van der Waals surface area contributed by atoms with Crippen molar-refractivity contribution in [3.05, 3.63) is 76.7 Å². The first-order chi connectivity index (χ1) is 15.9. The van der Waals surface area contributed by atoms with E-state index in [2.05, 4.69) is 11.9 Å². The van der Waals surface area contributed by atoms with Crippen LogP contribution < -0.4 is 0 Å². The molecule has 2 aliphatic heterocycles. The molecule has 0 radical (unpaired) electrons. The molecule has 7 heteroatoms. The molecule has 2 aliphatic rings. The molecule has 3 aromatic rings. The van der Waals surface area contributed by atoms with Crippen molar-refractivity contribution < 1.29 is 18.8 Å². The smallest absolute Gasteiger partial charge is 0.261 e. The van der Waals surface area contributed by atoms with Gasteiger partial charge in [-0.3, -0.25) is 19.3 Å². The summed E-state index contributed by atoms with van der Waals surface area (Å²) in [4.78, 5) is 45.7. The Bertz CT molecular complexity index is 1200. The van der Waals surface area contributed by atoms with Crippen LogP contribution in [0.25, 0.3) is 11.5 Å². The van der Waals surface area contributed by atoms with Gasteiger partial charge in [0, 0.05) is 24.2 Å². The van der Waals surface area contributed by atoms with Crippen LogP contribution in [0.4, 0.5) is 0 Å². The van der Waals surface area contributed by atoms with Gasteiger partial charge in [0.2, 0.25) is 5.89 Å². The van der Waals surface area contributed by atoms with Crippen LogP contribution >= 0.6 is 0 Å². The van der Waals surface area contributed by atoms with Crippen LogP contribution in [0.15, 0.2) is 52.9 Å². The molecular formula is C26H25N3O4. The first kappa shape index (κ1) is 21.1. The molecule has 7 nitrogen and oxygen atoms in total. The maximum atomic E-state index is 12.8. The maximum Gasteiger partial charge on any atom is 0.261 e. The lowest BCUT2D eigenvalue weighted by atomic mass is 9.98. The van der Waals surface area contributed by atoms with Crippen molar-refractivity contribution in [1.29, 1.82) is 0 Å². The van der Waals surface area contributed by atoms with Crippen molar-refractivity contribution >= 4 is 17.7 Å². The molecule has 3 heterocycles. The monoisotopic (exact) mass is 443 g/mol. The van der Waals surface area contributed by atoms with Gasteiger partial charge in [0.1, 0.15) is 11.5 Å². The van der Waals surface area contributed by atoms with Gasteiger partial charge in [0.15, 0.2) is 0 Å². The number of fused-ring (bicyclic) bond motifs is 1. The Morgan fingerprint density at radius 1 is 1.00 bits per heavy atom. The molecule has 0 atom stereocenters. The van der Waals surface area contributed by atoms with Crippen LogP contribution in [-0.2, 0) is 6.54 Å². The Hall–Kier alpha value is -3.74. The molecule has 1 aromatic heterocycles. The largest absolute Gasteiger partial charge is 0.441 e. The Morgan fingerprint density at radius 3 is 2.21 bits per heavy atom. The van der Waals surface area contributed by atoms with E-state index in [9.17, 15) is 14.4 Å². The van der Waals surface area contributed by atoms with Crippen LogP contribution in [0, 0.1) is 12.8 Å². The molecule has 0 saturated carbocycles. The van der Waals surface area contributed by atoms with Gasteiger partial charge in [-0.15, -0.1) is 0 Å².